The lowest BCUT2D eigenvalue weighted by Crippen LogP contribution is -2.02. The molecule has 0 spiro atoms. The van der Waals surface area contributed by atoms with Crippen molar-refractivity contribution in [1.29, 1.82) is 0 Å². The topological polar surface area (TPSA) is 35.2 Å². The molecule has 0 radical (unpaired) electrons. The third-order valence-electron chi connectivity index (χ3n) is 1.19. The zero-order valence-corrected chi connectivity index (χ0v) is 7.51. The van der Waals surface area contributed by atoms with Gasteiger partial charge in [0.15, 0.2) is 0 Å². The average Bonchev–Trinajstić information content (AvgIpc) is 1.96. The van der Waals surface area contributed by atoms with Crippen LogP contribution in [0.4, 0.5) is 14.5 Å². The van der Waals surface area contributed by atoms with Gasteiger partial charge in [0, 0.05) is 16.2 Å². The van der Waals surface area contributed by atoms with Gasteiger partial charge in [-0.15, -0.1) is 0 Å². The fourth-order valence-electron chi connectivity index (χ4n) is 0.698. The fraction of sp³-hybridized carbons (Fsp3) is 0.143. The molecule has 2 nitrogen and oxygen atoms in total. The molecule has 0 aliphatic rings. The van der Waals surface area contributed by atoms with Crippen LogP contribution in [0.5, 0.6) is 5.75 Å². The molecule has 12 heavy (non-hydrogen) atoms. The maximum Gasteiger partial charge on any atom is 0.387 e. The predicted molar refractivity (Wildman–Crippen MR) is 45.2 cm³/mol. The lowest BCUT2D eigenvalue weighted by Gasteiger charge is -2.05. The van der Waals surface area contributed by atoms with Gasteiger partial charge in [0.2, 0.25) is 0 Å². The minimum absolute atomic E-state index is 0.0608. The summed E-state index contributed by atoms with van der Waals surface area (Å²) in [5, 5.41) is 0. The van der Waals surface area contributed by atoms with E-state index in [1.54, 1.807) is 6.07 Å². The molecule has 0 saturated carbocycles. The van der Waals surface area contributed by atoms with Crippen LogP contribution >= 0.6 is 15.9 Å². The molecule has 0 unspecified atom stereocenters. The van der Waals surface area contributed by atoms with Crippen molar-refractivity contribution in [3.05, 3.63) is 22.7 Å². The molecule has 0 saturated heterocycles. The van der Waals surface area contributed by atoms with Crippen LogP contribution in [0.1, 0.15) is 0 Å². The fourth-order valence-corrected chi connectivity index (χ4v) is 0.945. The van der Waals surface area contributed by atoms with Crippen LogP contribution in [-0.2, 0) is 0 Å². The molecule has 1 aromatic carbocycles. The first-order valence-corrected chi connectivity index (χ1v) is 3.88. The van der Waals surface area contributed by atoms with Crippen molar-refractivity contribution in [3.63, 3.8) is 0 Å². The molecular weight excluding hydrogens is 232 g/mol. The predicted octanol–water partition coefficient (Wildman–Crippen LogP) is 2.63. The number of hydrogen-bond acceptors (Lipinski definition) is 2. The van der Waals surface area contributed by atoms with Crippen molar-refractivity contribution in [2.75, 3.05) is 5.73 Å². The van der Waals surface area contributed by atoms with Gasteiger partial charge >= 0.3 is 6.61 Å². The van der Waals surface area contributed by atoms with Gasteiger partial charge in [-0.05, 0) is 28.1 Å². The summed E-state index contributed by atoms with van der Waals surface area (Å²) in [7, 11) is 0. The summed E-state index contributed by atoms with van der Waals surface area (Å²) in [5.41, 5.74) is 5.79. The van der Waals surface area contributed by atoms with Crippen LogP contribution in [0.2, 0.25) is 0 Å². The standard InChI is InChI=1S/C7H6BrF2NO/c8-5-2-1-4(3-6(5)11)12-7(9)10/h1-3,7H,11H2. The van der Waals surface area contributed by atoms with Crippen molar-refractivity contribution >= 4 is 21.6 Å². The van der Waals surface area contributed by atoms with Crippen LogP contribution in [-0.4, -0.2) is 6.61 Å². The van der Waals surface area contributed by atoms with E-state index in [4.69, 9.17) is 5.73 Å². The Balaban J connectivity index is 2.82. The summed E-state index contributed by atoms with van der Waals surface area (Å²) in [6.45, 7) is -2.81. The second kappa shape index (κ2) is 3.71. The van der Waals surface area contributed by atoms with Gasteiger partial charge in [0.1, 0.15) is 5.75 Å². The lowest BCUT2D eigenvalue weighted by atomic mass is 10.3. The highest BCUT2D eigenvalue weighted by Crippen LogP contribution is 2.25. The Labute approximate surface area is 76.4 Å². The molecule has 0 aliphatic heterocycles. The molecule has 5 heteroatoms. The van der Waals surface area contributed by atoms with E-state index in [9.17, 15) is 8.78 Å². The van der Waals surface area contributed by atoms with Crippen LogP contribution < -0.4 is 10.5 Å². The Hall–Kier alpha value is -0.840. The second-order valence-electron chi connectivity index (χ2n) is 2.06. The van der Waals surface area contributed by atoms with Crippen molar-refractivity contribution in [2.45, 2.75) is 6.61 Å². The normalized spacial score (nSPS) is 10.3. The maximum absolute atomic E-state index is 11.7. The number of halogens is 3. The lowest BCUT2D eigenvalue weighted by molar-refractivity contribution is -0.0498. The van der Waals surface area contributed by atoms with Crippen LogP contribution in [0.25, 0.3) is 0 Å². The van der Waals surface area contributed by atoms with Crippen LogP contribution in [0, 0.1) is 0 Å². The van der Waals surface area contributed by atoms with E-state index < -0.39 is 6.61 Å². The molecule has 1 aromatic rings. The summed E-state index contributed by atoms with van der Waals surface area (Å²) in [5.74, 6) is 0.0608. The van der Waals surface area contributed by atoms with Crippen molar-refractivity contribution in [1.82, 2.24) is 0 Å². The van der Waals surface area contributed by atoms with Crippen LogP contribution in [0.15, 0.2) is 22.7 Å². The van der Waals surface area contributed by atoms with E-state index in [0.717, 1.165) is 0 Å². The monoisotopic (exact) mass is 237 g/mol. The Bertz CT molecular complexity index is 280. The molecule has 66 valence electrons. The Morgan fingerprint density at radius 2 is 2.08 bits per heavy atom. The van der Waals surface area contributed by atoms with Crippen molar-refractivity contribution in [2.24, 2.45) is 0 Å². The van der Waals surface area contributed by atoms with Gasteiger partial charge in [-0.3, -0.25) is 0 Å². The number of benzene rings is 1. The van der Waals surface area contributed by atoms with Crippen LogP contribution in [0.3, 0.4) is 0 Å². The van der Waals surface area contributed by atoms with Gasteiger partial charge in [-0.25, -0.2) is 0 Å². The average molecular weight is 238 g/mol. The highest BCUT2D eigenvalue weighted by Gasteiger charge is 2.04. The molecule has 0 atom stereocenters. The van der Waals surface area contributed by atoms with E-state index in [-0.39, 0.29) is 5.75 Å². The summed E-state index contributed by atoms with van der Waals surface area (Å²) in [4.78, 5) is 0. The Kier molecular flexibility index (Phi) is 2.86. The highest BCUT2D eigenvalue weighted by atomic mass is 79.9. The molecule has 0 amide bonds. The highest BCUT2D eigenvalue weighted by molar-refractivity contribution is 9.10. The summed E-state index contributed by atoms with van der Waals surface area (Å²) >= 11 is 3.13. The Morgan fingerprint density at radius 3 is 2.58 bits per heavy atom. The van der Waals surface area contributed by atoms with Crippen molar-refractivity contribution in [3.8, 4) is 5.75 Å². The van der Waals surface area contributed by atoms with Gasteiger partial charge < -0.3 is 10.5 Å². The molecule has 0 aliphatic carbocycles. The van der Waals surface area contributed by atoms with E-state index in [0.29, 0.717) is 10.2 Å². The first kappa shape index (κ1) is 9.25. The summed E-state index contributed by atoms with van der Waals surface area (Å²) in [6, 6.07) is 4.29. The molecule has 0 fully saturated rings. The first-order chi connectivity index (χ1) is 5.59. The molecule has 0 heterocycles. The number of nitrogen functional groups attached to an aromatic ring is 1. The van der Waals surface area contributed by atoms with Crippen molar-refractivity contribution < 1.29 is 13.5 Å². The molecule has 0 bridgehead atoms. The number of nitrogens with two attached hydrogens (primary N) is 1. The van der Waals surface area contributed by atoms with E-state index in [1.807, 2.05) is 0 Å². The largest absolute Gasteiger partial charge is 0.435 e. The SMILES string of the molecule is Nc1cc(OC(F)F)ccc1Br. The number of anilines is 1. The third-order valence-corrected chi connectivity index (χ3v) is 1.91. The van der Waals surface area contributed by atoms with E-state index in [2.05, 4.69) is 20.7 Å². The van der Waals surface area contributed by atoms with Gasteiger partial charge in [0.25, 0.3) is 0 Å². The van der Waals surface area contributed by atoms with E-state index >= 15 is 0 Å². The summed E-state index contributed by atoms with van der Waals surface area (Å²) < 4.78 is 28.1. The molecule has 1 rings (SSSR count). The zero-order valence-electron chi connectivity index (χ0n) is 5.93. The molecule has 2 N–H and O–H groups in total. The first-order valence-electron chi connectivity index (χ1n) is 3.09. The van der Waals surface area contributed by atoms with Gasteiger partial charge in [-0.2, -0.15) is 8.78 Å². The van der Waals surface area contributed by atoms with Gasteiger partial charge in [-0.1, -0.05) is 0 Å². The minimum Gasteiger partial charge on any atom is -0.435 e. The van der Waals surface area contributed by atoms with E-state index in [1.165, 1.54) is 12.1 Å². The minimum atomic E-state index is -2.81. The second-order valence-corrected chi connectivity index (χ2v) is 2.92. The maximum atomic E-state index is 11.7. The third kappa shape index (κ3) is 2.34. The smallest absolute Gasteiger partial charge is 0.387 e. The quantitative estimate of drug-likeness (QED) is 0.803. The molecular formula is C7H6BrF2NO. The number of ether oxygens (including phenoxy) is 1. The summed E-state index contributed by atoms with van der Waals surface area (Å²) in [6.07, 6.45) is 0. The number of hydrogen-bond donors (Lipinski definition) is 1. The molecule has 0 aromatic heterocycles. The number of rotatable bonds is 2. The Morgan fingerprint density at radius 1 is 1.42 bits per heavy atom. The van der Waals surface area contributed by atoms with Gasteiger partial charge in [0.05, 0.1) is 0 Å². The number of alkyl halides is 2. The zero-order chi connectivity index (χ0) is 9.14.